The van der Waals surface area contributed by atoms with Crippen LogP contribution in [-0.2, 0) is 10.0 Å². The third kappa shape index (κ3) is 5.57. The lowest BCUT2D eigenvalue weighted by Crippen LogP contribution is -2.25. The van der Waals surface area contributed by atoms with Gasteiger partial charge in [0.1, 0.15) is 0 Å². The Kier molecular flexibility index (Phi) is 5.12. The predicted octanol–water partition coefficient (Wildman–Crippen LogP) is 1.41. The molecule has 20 heavy (non-hydrogen) atoms. The highest BCUT2D eigenvalue weighted by atomic mass is 32.2. The summed E-state index contributed by atoms with van der Waals surface area (Å²) >= 11 is 0. The van der Waals surface area contributed by atoms with E-state index in [2.05, 4.69) is 5.32 Å². The van der Waals surface area contributed by atoms with Crippen LogP contribution in [0.1, 0.15) is 23.2 Å². The molecule has 3 N–H and O–H groups in total. The quantitative estimate of drug-likeness (QED) is 0.806. The van der Waals surface area contributed by atoms with Crippen LogP contribution >= 0.6 is 0 Å². The van der Waals surface area contributed by atoms with Gasteiger partial charge in [-0.3, -0.25) is 4.79 Å². The van der Waals surface area contributed by atoms with E-state index in [4.69, 9.17) is 5.14 Å². The number of alkyl halides is 3. The van der Waals surface area contributed by atoms with Gasteiger partial charge in [0, 0.05) is 18.5 Å². The molecule has 1 aromatic carbocycles. The van der Waals surface area contributed by atoms with E-state index in [1.165, 1.54) is 12.1 Å². The fraction of sp³-hybridized carbons (Fsp3) is 0.364. The first kappa shape index (κ1) is 16.4. The Balaban J connectivity index is 2.53. The molecule has 9 heteroatoms. The molecule has 1 aromatic rings. The summed E-state index contributed by atoms with van der Waals surface area (Å²) in [5, 5.41) is 7.20. The van der Waals surface area contributed by atoms with E-state index < -0.39 is 28.5 Å². The predicted molar refractivity (Wildman–Crippen MR) is 65.4 cm³/mol. The van der Waals surface area contributed by atoms with Gasteiger partial charge in [-0.2, -0.15) is 13.2 Å². The third-order valence-electron chi connectivity index (χ3n) is 2.37. The van der Waals surface area contributed by atoms with Gasteiger partial charge >= 0.3 is 6.18 Å². The van der Waals surface area contributed by atoms with E-state index >= 15 is 0 Å². The Hall–Kier alpha value is -1.61. The Morgan fingerprint density at radius 1 is 1.20 bits per heavy atom. The molecule has 1 rings (SSSR count). The van der Waals surface area contributed by atoms with Crippen LogP contribution in [0.15, 0.2) is 29.2 Å². The molecule has 0 unspecified atom stereocenters. The number of nitrogens with two attached hydrogens (primary N) is 1. The van der Waals surface area contributed by atoms with Crippen LogP contribution in [0.25, 0.3) is 0 Å². The van der Waals surface area contributed by atoms with Crippen molar-refractivity contribution in [2.24, 2.45) is 5.14 Å². The number of primary sulfonamides is 1. The molecular formula is C11H13F3N2O3S. The molecule has 0 aliphatic heterocycles. The number of rotatable bonds is 5. The lowest BCUT2D eigenvalue weighted by atomic mass is 10.2. The van der Waals surface area contributed by atoms with Gasteiger partial charge in [0.05, 0.1) is 4.90 Å². The Morgan fingerprint density at radius 3 is 2.20 bits per heavy atom. The summed E-state index contributed by atoms with van der Waals surface area (Å²) in [7, 11) is -3.84. The number of amides is 1. The first-order chi connectivity index (χ1) is 9.09. The van der Waals surface area contributed by atoms with E-state index in [-0.39, 0.29) is 23.4 Å². The van der Waals surface area contributed by atoms with Crippen LogP contribution in [0, 0.1) is 0 Å². The van der Waals surface area contributed by atoms with E-state index in [1.54, 1.807) is 0 Å². The summed E-state index contributed by atoms with van der Waals surface area (Å²) in [5.74, 6) is -0.576. The fourth-order valence-corrected chi connectivity index (χ4v) is 1.90. The van der Waals surface area contributed by atoms with Gasteiger partial charge in [-0.15, -0.1) is 0 Å². The van der Waals surface area contributed by atoms with Crippen molar-refractivity contribution in [3.63, 3.8) is 0 Å². The number of carbonyl (C=O) groups is 1. The molecule has 0 bridgehead atoms. The maximum atomic E-state index is 11.9. The summed E-state index contributed by atoms with van der Waals surface area (Å²) in [5.41, 5.74) is 0.143. The van der Waals surface area contributed by atoms with Crippen LogP contribution in [0.4, 0.5) is 13.2 Å². The van der Waals surface area contributed by atoms with E-state index in [1.807, 2.05) is 0 Å². The van der Waals surface area contributed by atoms with Crippen LogP contribution in [0.2, 0.25) is 0 Å². The molecule has 112 valence electrons. The van der Waals surface area contributed by atoms with Crippen molar-refractivity contribution < 1.29 is 26.4 Å². The molecule has 0 aromatic heterocycles. The Morgan fingerprint density at radius 2 is 1.75 bits per heavy atom. The minimum atomic E-state index is -4.25. The van der Waals surface area contributed by atoms with Crippen LogP contribution < -0.4 is 10.5 Å². The van der Waals surface area contributed by atoms with Crippen molar-refractivity contribution in [2.75, 3.05) is 6.54 Å². The molecular weight excluding hydrogens is 297 g/mol. The standard InChI is InChI=1S/C11H13F3N2O3S/c12-11(13,14)6-1-7-16-10(17)8-2-4-9(5-3-8)20(15,18)19/h2-5H,1,6-7H2,(H,16,17)(H2,15,18,19). The SMILES string of the molecule is NS(=O)(=O)c1ccc(C(=O)NCCCC(F)(F)F)cc1. The van der Waals surface area contributed by atoms with Crippen LogP contribution in [-0.4, -0.2) is 27.0 Å². The average molecular weight is 310 g/mol. The molecule has 0 aliphatic carbocycles. The van der Waals surface area contributed by atoms with Crippen molar-refractivity contribution in [2.45, 2.75) is 23.9 Å². The zero-order valence-electron chi connectivity index (χ0n) is 10.3. The highest BCUT2D eigenvalue weighted by molar-refractivity contribution is 7.89. The van der Waals surface area contributed by atoms with Crippen molar-refractivity contribution in [3.05, 3.63) is 29.8 Å². The number of sulfonamides is 1. The smallest absolute Gasteiger partial charge is 0.352 e. The van der Waals surface area contributed by atoms with Crippen molar-refractivity contribution in [3.8, 4) is 0 Å². The topological polar surface area (TPSA) is 89.3 Å². The second kappa shape index (κ2) is 6.23. The highest BCUT2D eigenvalue weighted by Crippen LogP contribution is 2.20. The maximum absolute atomic E-state index is 11.9. The summed E-state index contributed by atoms with van der Waals surface area (Å²) < 4.78 is 57.6. The van der Waals surface area contributed by atoms with Gasteiger partial charge in [0.2, 0.25) is 10.0 Å². The molecule has 0 saturated heterocycles. The Labute approximate surface area is 114 Å². The monoisotopic (exact) mass is 310 g/mol. The van der Waals surface area contributed by atoms with E-state index in [0.717, 1.165) is 12.1 Å². The second-order valence-electron chi connectivity index (χ2n) is 4.04. The van der Waals surface area contributed by atoms with Gasteiger partial charge in [-0.25, -0.2) is 13.6 Å². The molecule has 0 atom stereocenters. The number of benzene rings is 1. The maximum Gasteiger partial charge on any atom is 0.389 e. The van der Waals surface area contributed by atoms with E-state index in [9.17, 15) is 26.4 Å². The summed E-state index contributed by atoms with van der Waals surface area (Å²) in [6.07, 6.45) is -5.44. The largest absolute Gasteiger partial charge is 0.389 e. The molecule has 0 saturated carbocycles. The van der Waals surface area contributed by atoms with Crippen LogP contribution in [0.3, 0.4) is 0 Å². The number of carbonyl (C=O) groups excluding carboxylic acids is 1. The second-order valence-corrected chi connectivity index (χ2v) is 5.61. The van der Waals surface area contributed by atoms with Gasteiger partial charge in [-0.1, -0.05) is 0 Å². The molecule has 0 aliphatic rings. The normalized spacial score (nSPS) is 12.2. The van der Waals surface area contributed by atoms with Gasteiger partial charge in [0.25, 0.3) is 5.91 Å². The average Bonchev–Trinajstić information content (AvgIpc) is 2.32. The number of hydrogen-bond acceptors (Lipinski definition) is 3. The van der Waals surface area contributed by atoms with Gasteiger partial charge < -0.3 is 5.32 Å². The van der Waals surface area contributed by atoms with Crippen molar-refractivity contribution in [1.82, 2.24) is 5.32 Å². The lowest BCUT2D eigenvalue weighted by Gasteiger charge is -2.07. The molecule has 5 nitrogen and oxygen atoms in total. The minimum Gasteiger partial charge on any atom is -0.352 e. The van der Waals surface area contributed by atoms with Crippen molar-refractivity contribution >= 4 is 15.9 Å². The molecule has 0 spiro atoms. The highest BCUT2D eigenvalue weighted by Gasteiger charge is 2.26. The molecule has 0 radical (unpaired) electrons. The fourth-order valence-electron chi connectivity index (χ4n) is 1.39. The number of halogens is 3. The summed E-state index contributed by atoms with van der Waals surface area (Å²) in [6, 6.07) is 4.78. The van der Waals surface area contributed by atoms with Gasteiger partial charge in [0.15, 0.2) is 0 Å². The molecule has 1 amide bonds. The third-order valence-corrected chi connectivity index (χ3v) is 3.30. The first-order valence-corrected chi connectivity index (χ1v) is 7.12. The minimum absolute atomic E-state index is 0.116. The van der Waals surface area contributed by atoms with Crippen LogP contribution in [0.5, 0.6) is 0 Å². The van der Waals surface area contributed by atoms with Crippen molar-refractivity contribution in [1.29, 1.82) is 0 Å². The van der Waals surface area contributed by atoms with E-state index in [0.29, 0.717) is 0 Å². The number of nitrogens with one attached hydrogen (secondary N) is 1. The molecule has 0 fully saturated rings. The summed E-state index contributed by atoms with van der Waals surface area (Å²) in [4.78, 5) is 11.4. The zero-order chi connectivity index (χ0) is 15.4. The zero-order valence-corrected chi connectivity index (χ0v) is 11.1. The van der Waals surface area contributed by atoms with Gasteiger partial charge in [-0.05, 0) is 30.7 Å². The summed E-state index contributed by atoms with van der Waals surface area (Å²) in [6.45, 7) is -0.116. The first-order valence-electron chi connectivity index (χ1n) is 5.57. The Bertz CT molecular complexity index is 568. The lowest BCUT2D eigenvalue weighted by molar-refractivity contribution is -0.135. The molecule has 0 heterocycles. The number of hydrogen-bond donors (Lipinski definition) is 2.